The van der Waals surface area contributed by atoms with E-state index in [0.29, 0.717) is 5.69 Å². The van der Waals surface area contributed by atoms with Crippen LogP contribution in [0.5, 0.6) is 5.75 Å². The first-order valence-electron chi connectivity index (χ1n) is 3.76. The summed E-state index contributed by atoms with van der Waals surface area (Å²) >= 11 is 0. The van der Waals surface area contributed by atoms with Crippen molar-refractivity contribution in [3.8, 4) is 5.75 Å². The summed E-state index contributed by atoms with van der Waals surface area (Å²) in [7, 11) is 2.82. The minimum Gasteiger partial charge on any atom is -0.506 e. The Hall–Kier alpha value is -1.71. The molecule has 0 aliphatic rings. The van der Waals surface area contributed by atoms with E-state index in [4.69, 9.17) is 0 Å². The van der Waals surface area contributed by atoms with Crippen molar-refractivity contribution in [1.29, 1.82) is 0 Å². The van der Waals surface area contributed by atoms with Gasteiger partial charge >= 0.3 is 6.09 Å². The molecule has 70 valence electrons. The molecular formula is C9H11NO3. The van der Waals surface area contributed by atoms with E-state index < -0.39 is 6.09 Å². The van der Waals surface area contributed by atoms with E-state index in [-0.39, 0.29) is 5.75 Å². The van der Waals surface area contributed by atoms with Crippen LogP contribution in [0, 0.1) is 0 Å². The van der Waals surface area contributed by atoms with Gasteiger partial charge in [-0.15, -0.1) is 0 Å². The molecule has 0 radical (unpaired) electrons. The van der Waals surface area contributed by atoms with Crippen LogP contribution in [-0.4, -0.2) is 25.4 Å². The number of ether oxygens (including phenoxy) is 1. The van der Waals surface area contributed by atoms with Crippen molar-refractivity contribution in [2.24, 2.45) is 0 Å². The summed E-state index contributed by atoms with van der Waals surface area (Å²) in [6, 6.07) is 6.56. The van der Waals surface area contributed by atoms with Gasteiger partial charge in [-0.3, -0.25) is 4.90 Å². The van der Waals surface area contributed by atoms with Crippen molar-refractivity contribution in [3.05, 3.63) is 24.3 Å². The molecule has 0 bridgehead atoms. The molecule has 1 aromatic rings. The Bertz CT molecular complexity index is 311. The number of carbonyl (C=O) groups is 1. The van der Waals surface area contributed by atoms with E-state index in [1.54, 1.807) is 18.2 Å². The maximum atomic E-state index is 11.1. The highest BCUT2D eigenvalue weighted by atomic mass is 16.5. The normalized spacial score (nSPS) is 9.38. The predicted octanol–water partition coefficient (Wildman–Crippen LogP) is 1.59. The molecule has 4 heteroatoms. The van der Waals surface area contributed by atoms with Gasteiger partial charge in [-0.05, 0) is 12.1 Å². The molecule has 0 heterocycles. The molecule has 0 atom stereocenters. The number of methoxy groups -OCH3 is 1. The summed E-state index contributed by atoms with van der Waals surface area (Å²) in [5.41, 5.74) is 0.425. The molecule has 1 amide bonds. The molecule has 0 unspecified atom stereocenters. The Balaban J connectivity index is 2.95. The maximum Gasteiger partial charge on any atom is 0.413 e. The van der Waals surface area contributed by atoms with E-state index in [9.17, 15) is 9.90 Å². The number of phenols is 1. The fourth-order valence-electron chi connectivity index (χ4n) is 0.983. The van der Waals surface area contributed by atoms with Gasteiger partial charge in [-0.25, -0.2) is 4.79 Å². The third-order valence-corrected chi connectivity index (χ3v) is 1.69. The largest absolute Gasteiger partial charge is 0.506 e. The van der Waals surface area contributed by atoms with Crippen molar-refractivity contribution < 1.29 is 14.6 Å². The fraction of sp³-hybridized carbons (Fsp3) is 0.222. The summed E-state index contributed by atoms with van der Waals surface area (Å²) in [6.45, 7) is 0. The quantitative estimate of drug-likeness (QED) is 0.715. The number of anilines is 1. The number of rotatable bonds is 1. The molecule has 4 nitrogen and oxygen atoms in total. The van der Waals surface area contributed by atoms with Crippen molar-refractivity contribution in [1.82, 2.24) is 0 Å². The highest BCUT2D eigenvalue weighted by Crippen LogP contribution is 2.25. The second kappa shape index (κ2) is 3.80. The second-order valence-electron chi connectivity index (χ2n) is 2.52. The first-order chi connectivity index (χ1) is 6.16. The van der Waals surface area contributed by atoms with Gasteiger partial charge in [0, 0.05) is 7.05 Å². The van der Waals surface area contributed by atoms with E-state index >= 15 is 0 Å². The van der Waals surface area contributed by atoms with Crippen molar-refractivity contribution >= 4 is 11.8 Å². The Morgan fingerprint density at radius 1 is 1.46 bits per heavy atom. The molecule has 13 heavy (non-hydrogen) atoms. The molecule has 1 aromatic carbocycles. The highest BCUT2D eigenvalue weighted by molar-refractivity contribution is 5.88. The van der Waals surface area contributed by atoms with Crippen LogP contribution in [0.25, 0.3) is 0 Å². The van der Waals surface area contributed by atoms with E-state index in [0.717, 1.165) is 0 Å². The second-order valence-corrected chi connectivity index (χ2v) is 2.52. The van der Waals surface area contributed by atoms with Crippen LogP contribution in [0.3, 0.4) is 0 Å². The van der Waals surface area contributed by atoms with Crippen molar-refractivity contribution in [2.45, 2.75) is 0 Å². The lowest BCUT2D eigenvalue weighted by atomic mass is 10.3. The van der Waals surface area contributed by atoms with Crippen LogP contribution in [0.4, 0.5) is 10.5 Å². The third-order valence-electron chi connectivity index (χ3n) is 1.69. The molecular weight excluding hydrogens is 170 g/mol. The lowest BCUT2D eigenvalue weighted by Crippen LogP contribution is -2.25. The molecule has 1 N–H and O–H groups in total. The molecule has 1 rings (SSSR count). The van der Waals surface area contributed by atoms with Gasteiger partial charge in [0.2, 0.25) is 0 Å². The number of nitrogens with zero attached hydrogens (tertiary/aromatic N) is 1. The van der Waals surface area contributed by atoms with Crippen LogP contribution in [-0.2, 0) is 4.74 Å². The molecule has 0 saturated carbocycles. The number of para-hydroxylation sites is 2. The topological polar surface area (TPSA) is 49.8 Å². The number of phenolic OH excluding ortho intramolecular Hbond substituents is 1. The molecule has 0 fully saturated rings. The van der Waals surface area contributed by atoms with Gasteiger partial charge in [-0.2, -0.15) is 0 Å². The summed E-state index contributed by atoms with van der Waals surface area (Å²) in [4.78, 5) is 12.3. The summed E-state index contributed by atoms with van der Waals surface area (Å²) in [5, 5.41) is 9.38. The Morgan fingerprint density at radius 2 is 2.08 bits per heavy atom. The zero-order valence-corrected chi connectivity index (χ0v) is 7.52. The van der Waals surface area contributed by atoms with Gasteiger partial charge in [0.1, 0.15) is 5.75 Å². The number of hydrogen-bond donors (Lipinski definition) is 1. The minimum absolute atomic E-state index is 0.0513. The number of carbonyl (C=O) groups excluding carboxylic acids is 1. The fourth-order valence-corrected chi connectivity index (χ4v) is 0.983. The van der Waals surface area contributed by atoms with E-state index in [1.807, 2.05) is 0 Å². The molecule has 0 aliphatic carbocycles. The highest BCUT2D eigenvalue weighted by Gasteiger charge is 2.13. The van der Waals surface area contributed by atoms with Crippen LogP contribution < -0.4 is 4.90 Å². The standard InChI is InChI=1S/C9H11NO3/c1-10(9(12)13-2)7-5-3-4-6-8(7)11/h3-6,11H,1-2H3. The lowest BCUT2D eigenvalue weighted by Gasteiger charge is -2.16. The van der Waals surface area contributed by atoms with Gasteiger partial charge in [0.15, 0.2) is 0 Å². The number of benzene rings is 1. The number of aromatic hydroxyl groups is 1. The number of amides is 1. The van der Waals surface area contributed by atoms with Crippen LogP contribution >= 0.6 is 0 Å². The van der Waals surface area contributed by atoms with Crippen molar-refractivity contribution in [3.63, 3.8) is 0 Å². The maximum absolute atomic E-state index is 11.1. The van der Waals surface area contributed by atoms with Crippen LogP contribution in [0.2, 0.25) is 0 Å². The Morgan fingerprint density at radius 3 is 2.62 bits per heavy atom. The average Bonchev–Trinajstić information content (AvgIpc) is 2.16. The zero-order chi connectivity index (χ0) is 9.84. The summed E-state index contributed by atoms with van der Waals surface area (Å²) in [6.07, 6.45) is -0.512. The monoisotopic (exact) mass is 181 g/mol. The molecule has 0 saturated heterocycles. The minimum atomic E-state index is -0.512. The van der Waals surface area contributed by atoms with Gasteiger partial charge in [0.25, 0.3) is 0 Å². The summed E-state index contributed by atoms with van der Waals surface area (Å²) < 4.78 is 4.50. The van der Waals surface area contributed by atoms with Crippen LogP contribution in [0.15, 0.2) is 24.3 Å². The van der Waals surface area contributed by atoms with E-state index in [1.165, 1.54) is 25.1 Å². The first kappa shape index (κ1) is 9.38. The number of hydrogen-bond acceptors (Lipinski definition) is 3. The first-order valence-corrected chi connectivity index (χ1v) is 3.76. The predicted molar refractivity (Wildman–Crippen MR) is 48.9 cm³/mol. The zero-order valence-electron chi connectivity index (χ0n) is 7.52. The molecule has 0 spiro atoms. The average molecular weight is 181 g/mol. The third kappa shape index (κ3) is 1.90. The van der Waals surface area contributed by atoms with Crippen molar-refractivity contribution in [2.75, 3.05) is 19.1 Å². The Kier molecular flexibility index (Phi) is 2.74. The van der Waals surface area contributed by atoms with Crippen LogP contribution in [0.1, 0.15) is 0 Å². The smallest absolute Gasteiger partial charge is 0.413 e. The van der Waals surface area contributed by atoms with Gasteiger partial charge < -0.3 is 9.84 Å². The lowest BCUT2D eigenvalue weighted by molar-refractivity contribution is 0.180. The van der Waals surface area contributed by atoms with E-state index in [2.05, 4.69) is 4.74 Å². The molecule has 0 aliphatic heterocycles. The SMILES string of the molecule is COC(=O)N(C)c1ccccc1O. The molecule has 0 aromatic heterocycles. The van der Waals surface area contributed by atoms with Gasteiger partial charge in [0.05, 0.1) is 12.8 Å². The van der Waals surface area contributed by atoms with Gasteiger partial charge in [-0.1, -0.05) is 12.1 Å². The Labute approximate surface area is 76.4 Å². The summed E-state index contributed by atoms with van der Waals surface area (Å²) in [5.74, 6) is 0.0513.